The second-order valence-corrected chi connectivity index (χ2v) is 4.56. The molecule has 0 aliphatic rings. The van der Waals surface area contributed by atoms with Crippen LogP contribution in [0.4, 0.5) is 0 Å². The van der Waals surface area contributed by atoms with Crippen LogP contribution in [0.1, 0.15) is 13.8 Å². The molecule has 9 heavy (non-hydrogen) atoms. The molecule has 0 rings (SSSR count). The van der Waals surface area contributed by atoms with Crippen LogP contribution in [0.15, 0.2) is 11.5 Å². The molecule has 0 aliphatic carbocycles. The number of allylic oxidation sites excluding steroid dienone is 1. The summed E-state index contributed by atoms with van der Waals surface area (Å²) < 4.78 is 20.4. The highest BCUT2D eigenvalue weighted by Crippen LogP contribution is 2.01. The fraction of sp³-hybridized carbons (Fsp3) is 0.600. The van der Waals surface area contributed by atoms with Gasteiger partial charge in [-0.25, -0.2) is 8.42 Å². The molecular weight excluding hydrogens is 160 g/mol. The first-order valence-corrected chi connectivity index (χ1v) is 4.92. The van der Waals surface area contributed by atoms with E-state index in [1.54, 1.807) is 0 Å². The van der Waals surface area contributed by atoms with Crippen LogP contribution in [0.3, 0.4) is 0 Å². The summed E-state index contributed by atoms with van der Waals surface area (Å²) in [6.07, 6.45) is 1.53. The highest BCUT2D eigenvalue weighted by Gasteiger charge is 1.95. The summed E-state index contributed by atoms with van der Waals surface area (Å²) in [7, 11) is 1.44. The number of hydrogen-bond donors (Lipinski definition) is 0. The van der Waals surface area contributed by atoms with Crippen molar-refractivity contribution in [3.63, 3.8) is 0 Å². The van der Waals surface area contributed by atoms with Gasteiger partial charge in [-0.15, -0.1) is 0 Å². The second-order valence-electron chi connectivity index (χ2n) is 2.05. The Morgan fingerprint density at radius 1 is 1.44 bits per heavy atom. The SMILES string of the molecule is CC(C)C=CS(=O)(=O)Cl. The fourth-order valence-corrected chi connectivity index (χ4v) is 0.931. The minimum absolute atomic E-state index is 0.221. The Morgan fingerprint density at radius 3 is 2.00 bits per heavy atom. The zero-order valence-electron chi connectivity index (χ0n) is 5.33. The molecule has 0 spiro atoms. The minimum atomic E-state index is -3.43. The van der Waals surface area contributed by atoms with E-state index in [2.05, 4.69) is 0 Å². The zero-order chi connectivity index (χ0) is 7.49. The van der Waals surface area contributed by atoms with Crippen LogP contribution in [0, 0.1) is 5.92 Å². The third kappa shape index (κ3) is 7.98. The highest BCUT2D eigenvalue weighted by molar-refractivity contribution is 8.16. The van der Waals surface area contributed by atoms with Crippen LogP contribution in [0.5, 0.6) is 0 Å². The first-order chi connectivity index (χ1) is 3.92. The van der Waals surface area contributed by atoms with Gasteiger partial charge in [-0.3, -0.25) is 0 Å². The van der Waals surface area contributed by atoms with E-state index in [-0.39, 0.29) is 5.92 Å². The maximum Gasteiger partial charge on any atom is 0.254 e. The lowest BCUT2D eigenvalue weighted by Crippen LogP contribution is -1.83. The van der Waals surface area contributed by atoms with Crippen molar-refractivity contribution < 1.29 is 8.42 Å². The lowest BCUT2D eigenvalue weighted by molar-refractivity contribution is 0.617. The van der Waals surface area contributed by atoms with E-state index in [1.807, 2.05) is 13.8 Å². The maximum absolute atomic E-state index is 10.2. The second kappa shape index (κ2) is 3.22. The molecular formula is C5H9ClO2S. The average Bonchev–Trinajstić information content (AvgIpc) is 1.59. The Hall–Kier alpha value is -0.0200. The van der Waals surface area contributed by atoms with Gasteiger partial charge >= 0.3 is 0 Å². The molecule has 0 atom stereocenters. The van der Waals surface area contributed by atoms with Crippen molar-refractivity contribution in [3.8, 4) is 0 Å². The molecule has 0 aromatic rings. The molecule has 0 unspecified atom stereocenters. The average molecular weight is 169 g/mol. The van der Waals surface area contributed by atoms with Gasteiger partial charge in [0.05, 0.1) is 0 Å². The predicted molar refractivity (Wildman–Crippen MR) is 38.8 cm³/mol. The molecule has 0 heterocycles. The fourth-order valence-electron chi connectivity index (χ4n) is 0.251. The first kappa shape index (κ1) is 8.98. The Kier molecular flexibility index (Phi) is 3.22. The smallest absolute Gasteiger partial charge is 0.208 e. The number of halogens is 1. The van der Waals surface area contributed by atoms with Gasteiger partial charge in [0.15, 0.2) is 0 Å². The van der Waals surface area contributed by atoms with Gasteiger partial charge in [-0.2, -0.15) is 0 Å². The van der Waals surface area contributed by atoms with Crippen LogP contribution in [0.2, 0.25) is 0 Å². The van der Waals surface area contributed by atoms with E-state index < -0.39 is 9.05 Å². The number of hydrogen-bond acceptors (Lipinski definition) is 2. The van der Waals surface area contributed by atoms with Gasteiger partial charge in [0.2, 0.25) is 0 Å². The molecule has 4 heteroatoms. The van der Waals surface area contributed by atoms with Crippen molar-refractivity contribution in [3.05, 3.63) is 11.5 Å². The normalized spacial score (nSPS) is 13.3. The summed E-state index contributed by atoms with van der Waals surface area (Å²) in [5.41, 5.74) is 0. The predicted octanol–water partition coefficient (Wildman–Crippen LogP) is 1.72. The quantitative estimate of drug-likeness (QED) is 0.589. The molecule has 0 saturated heterocycles. The van der Waals surface area contributed by atoms with Crippen LogP contribution < -0.4 is 0 Å². The maximum atomic E-state index is 10.2. The molecule has 0 aliphatic heterocycles. The molecule has 0 bridgehead atoms. The van der Waals surface area contributed by atoms with Gasteiger partial charge in [-0.05, 0) is 5.92 Å². The van der Waals surface area contributed by atoms with Crippen molar-refractivity contribution in [2.75, 3.05) is 0 Å². The lowest BCUT2D eigenvalue weighted by Gasteiger charge is -1.89. The Labute approximate surface area is 59.9 Å². The monoisotopic (exact) mass is 168 g/mol. The third-order valence-electron chi connectivity index (χ3n) is 0.626. The summed E-state index contributed by atoms with van der Waals surface area (Å²) in [4.78, 5) is 0. The third-order valence-corrected chi connectivity index (χ3v) is 1.42. The molecule has 0 aromatic carbocycles. The van der Waals surface area contributed by atoms with Gasteiger partial charge in [0, 0.05) is 16.1 Å². The van der Waals surface area contributed by atoms with E-state index in [0.717, 1.165) is 5.41 Å². The van der Waals surface area contributed by atoms with Crippen molar-refractivity contribution >= 4 is 19.7 Å². The van der Waals surface area contributed by atoms with Crippen LogP contribution >= 0.6 is 10.7 Å². The van der Waals surface area contributed by atoms with Crippen LogP contribution in [0.25, 0.3) is 0 Å². The van der Waals surface area contributed by atoms with Crippen molar-refractivity contribution in [1.82, 2.24) is 0 Å². The molecule has 0 aromatic heterocycles. The minimum Gasteiger partial charge on any atom is -0.208 e. The van der Waals surface area contributed by atoms with E-state index in [4.69, 9.17) is 10.7 Å². The topological polar surface area (TPSA) is 34.1 Å². The van der Waals surface area contributed by atoms with Crippen LogP contribution in [-0.4, -0.2) is 8.42 Å². The summed E-state index contributed by atoms with van der Waals surface area (Å²) in [6, 6.07) is 0. The molecule has 0 saturated carbocycles. The van der Waals surface area contributed by atoms with E-state index in [0.29, 0.717) is 0 Å². The van der Waals surface area contributed by atoms with Gasteiger partial charge in [-0.1, -0.05) is 19.9 Å². The summed E-state index contributed by atoms with van der Waals surface area (Å²) in [5, 5.41) is 0.999. The Morgan fingerprint density at radius 2 is 1.89 bits per heavy atom. The van der Waals surface area contributed by atoms with Crippen LogP contribution in [-0.2, 0) is 9.05 Å². The molecule has 0 radical (unpaired) electrons. The standard InChI is InChI=1S/C5H9ClO2S/c1-5(2)3-4-9(6,7)8/h3-5H,1-2H3. The van der Waals surface area contributed by atoms with E-state index >= 15 is 0 Å². The Balaban J connectivity index is 4.03. The largest absolute Gasteiger partial charge is 0.254 e. The summed E-state index contributed by atoms with van der Waals surface area (Å²) in [6.45, 7) is 3.75. The lowest BCUT2D eigenvalue weighted by atomic mass is 10.2. The van der Waals surface area contributed by atoms with Gasteiger partial charge in [0.25, 0.3) is 9.05 Å². The summed E-state index contributed by atoms with van der Waals surface area (Å²) in [5.74, 6) is 0.221. The van der Waals surface area contributed by atoms with Crippen molar-refractivity contribution in [2.45, 2.75) is 13.8 Å². The van der Waals surface area contributed by atoms with E-state index in [1.165, 1.54) is 6.08 Å². The molecule has 2 nitrogen and oxygen atoms in total. The molecule has 0 N–H and O–H groups in total. The van der Waals surface area contributed by atoms with E-state index in [9.17, 15) is 8.42 Å². The number of rotatable bonds is 2. The van der Waals surface area contributed by atoms with Crippen molar-refractivity contribution in [1.29, 1.82) is 0 Å². The summed E-state index contributed by atoms with van der Waals surface area (Å²) >= 11 is 0. The first-order valence-electron chi connectivity index (χ1n) is 2.54. The zero-order valence-corrected chi connectivity index (χ0v) is 6.91. The van der Waals surface area contributed by atoms with Gasteiger partial charge in [0.1, 0.15) is 0 Å². The molecule has 0 fully saturated rings. The highest BCUT2D eigenvalue weighted by atomic mass is 35.7. The molecule has 54 valence electrons. The van der Waals surface area contributed by atoms with Crippen molar-refractivity contribution in [2.24, 2.45) is 5.92 Å². The Bertz CT molecular complexity index is 191. The van der Waals surface area contributed by atoms with Gasteiger partial charge < -0.3 is 0 Å². The molecule has 0 amide bonds.